The minimum absolute atomic E-state index is 0.117. The third-order valence-electron chi connectivity index (χ3n) is 4.74. The first-order valence-electron chi connectivity index (χ1n) is 8.40. The summed E-state index contributed by atoms with van der Waals surface area (Å²) in [7, 11) is 1.93. The van der Waals surface area contributed by atoms with Crippen LogP contribution in [0.3, 0.4) is 0 Å². The minimum atomic E-state index is -0.240. The zero-order valence-electron chi connectivity index (χ0n) is 14.2. The quantitative estimate of drug-likeness (QED) is 0.857. The zero-order chi connectivity index (χ0) is 17.1. The van der Waals surface area contributed by atoms with Gasteiger partial charge in [0.05, 0.1) is 6.04 Å². The van der Waals surface area contributed by atoms with Gasteiger partial charge in [0.15, 0.2) is 0 Å². The predicted octanol–water partition coefficient (Wildman–Crippen LogP) is 3.63. The Morgan fingerprint density at radius 2 is 1.92 bits per heavy atom. The lowest BCUT2D eigenvalue weighted by Gasteiger charge is -2.34. The number of nitrogens with zero attached hydrogens (tertiary/aromatic N) is 2. The summed E-state index contributed by atoms with van der Waals surface area (Å²) >= 11 is 0. The maximum Gasteiger partial charge on any atom is 0.244 e. The van der Waals surface area contributed by atoms with Gasteiger partial charge < -0.3 is 4.90 Å². The minimum Gasteiger partial charge on any atom is -0.311 e. The van der Waals surface area contributed by atoms with E-state index in [1.54, 1.807) is 12.1 Å². The first kappa shape index (κ1) is 16.7. The van der Waals surface area contributed by atoms with Gasteiger partial charge in [-0.25, -0.2) is 4.39 Å². The molecule has 1 aliphatic heterocycles. The highest BCUT2D eigenvalue weighted by molar-refractivity contribution is 5.97. The van der Waals surface area contributed by atoms with Crippen LogP contribution in [0, 0.1) is 5.82 Å². The fourth-order valence-corrected chi connectivity index (χ4v) is 3.19. The van der Waals surface area contributed by atoms with Gasteiger partial charge in [-0.3, -0.25) is 9.69 Å². The maximum absolute atomic E-state index is 13.0. The summed E-state index contributed by atoms with van der Waals surface area (Å²) in [5.41, 5.74) is 3.28. The van der Waals surface area contributed by atoms with Crippen LogP contribution in [0.5, 0.6) is 0 Å². The van der Waals surface area contributed by atoms with Crippen LogP contribution in [0.15, 0.2) is 48.5 Å². The van der Waals surface area contributed by atoms with Crippen molar-refractivity contribution in [3.63, 3.8) is 0 Å². The number of aryl methyl sites for hydroxylation is 1. The van der Waals surface area contributed by atoms with Crippen molar-refractivity contribution < 1.29 is 9.18 Å². The molecule has 4 heteroatoms. The van der Waals surface area contributed by atoms with Gasteiger partial charge in [0, 0.05) is 18.8 Å². The molecule has 0 radical (unpaired) electrons. The van der Waals surface area contributed by atoms with Crippen LogP contribution in [-0.4, -0.2) is 30.4 Å². The second-order valence-electron chi connectivity index (χ2n) is 6.44. The number of amides is 1. The van der Waals surface area contributed by atoms with Gasteiger partial charge in [0.2, 0.25) is 5.91 Å². The van der Waals surface area contributed by atoms with Crippen molar-refractivity contribution in [2.75, 3.05) is 18.5 Å². The van der Waals surface area contributed by atoms with Gasteiger partial charge in [-0.05, 0) is 56.1 Å². The van der Waals surface area contributed by atoms with Crippen LogP contribution >= 0.6 is 0 Å². The first-order valence-corrected chi connectivity index (χ1v) is 8.40. The summed E-state index contributed by atoms with van der Waals surface area (Å²) in [5, 5.41) is 0. The summed E-state index contributed by atoms with van der Waals surface area (Å²) in [6.45, 7) is 3.32. The molecular weight excluding hydrogens is 303 g/mol. The average molecular weight is 326 g/mol. The Labute approximate surface area is 142 Å². The van der Waals surface area contributed by atoms with Crippen LogP contribution in [0.4, 0.5) is 10.1 Å². The Balaban J connectivity index is 1.71. The van der Waals surface area contributed by atoms with E-state index in [9.17, 15) is 9.18 Å². The smallest absolute Gasteiger partial charge is 0.244 e. The Morgan fingerprint density at radius 3 is 2.67 bits per heavy atom. The topological polar surface area (TPSA) is 23.6 Å². The van der Waals surface area contributed by atoms with Gasteiger partial charge in [-0.15, -0.1) is 0 Å². The number of likely N-dealkylation sites (N-methyl/N-ethyl adjacent to an activating group) is 1. The van der Waals surface area contributed by atoms with Crippen molar-refractivity contribution >= 4 is 11.6 Å². The van der Waals surface area contributed by atoms with Crippen molar-refractivity contribution in [1.29, 1.82) is 0 Å². The maximum atomic E-state index is 13.0. The van der Waals surface area contributed by atoms with Crippen molar-refractivity contribution in [3.05, 3.63) is 65.5 Å². The van der Waals surface area contributed by atoms with Crippen molar-refractivity contribution in [1.82, 2.24) is 4.90 Å². The first-order chi connectivity index (χ1) is 11.6. The van der Waals surface area contributed by atoms with Crippen LogP contribution in [-0.2, 0) is 17.8 Å². The Kier molecular flexibility index (Phi) is 4.95. The van der Waals surface area contributed by atoms with Gasteiger partial charge in [0.25, 0.3) is 0 Å². The number of carbonyl (C=O) groups excluding carboxylic acids is 1. The highest BCUT2D eigenvalue weighted by Gasteiger charge is 2.28. The lowest BCUT2D eigenvalue weighted by molar-refractivity contribution is -0.123. The number of anilines is 1. The highest BCUT2D eigenvalue weighted by Crippen LogP contribution is 2.27. The molecule has 1 atom stereocenters. The molecule has 2 aromatic carbocycles. The highest BCUT2D eigenvalue weighted by atomic mass is 19.1. The summed E-state index contributed by atoms with van der Waals surface area (Å²) in [6, 6.07) is 14.3. The van der Waals surface area contributed by atoms with Crippen molar-refractivity contribution in [2.45, 2.75) is 32.4 Å². The number of hydrogen-bond donors (Lipinski definition) is 0. The summed E-state index contributed by atoms with van der Waals surface area (Å²) in [6.07, 6.45) is 2.02. The van der Waals surface area contributed by atoms with Crippen LogP contribution in [0.25, 0.3) is 0 Å². The van der Waals surface area contributed by atoms with E-state index in [4.69, 9.17) is 0 Å². The lowest BCUT2D eigenvalue weighted by atomic mass is 10.0. The standard InChI is InChI=1S/C20H23FN2O/c1-15(22(2)14-16-9-11-18(21)12-10-16)20(24)23-13-5-7-17-6-3-4-8-19(17)23/h3-4,6,8-12,15H,5,7,13-14H2,1-2H3/t15-/m1/s1. The Bertz CT molecular complexity index is 714. The number of halogens is 1. The molecule has 1 aliphatic rings. The van der Waals surface area contributed by atoms with Gasteiger partial charge in [-0.2, -0.15) is 0 Å². The predicted molar refractivity (Wildman–Crippen MR) is 94.4 cm³/mol. The summed E-state index contributed by atoms with van der Waals surface area (Å²) in [5.74, 6) is -0.123. The second kappa shape index (κ2) is 7.14. The van der Waals surface area contributed by atoms with Crippen molar-refractivity contribution in [3.8, 4) is 0 Å². The van der Waals surface area contributed by atoms with Crippen LogP contribution < -0.4 is 4.90 Å². The number of benzene rings is 2. The monoisotopic (exact) mass is 326 g/mol. The zero-order valence-corrected chi connectivity index (χ0v) is 14.2. The molecule has 0 N–H and O–H groups in total. The molecule has 24 heavy (non-hydrogen) atoms. The molecule has 0 saturated heterocycles. The summed E-state index contributed by atoms with van der Waals surface area (Å²) < 4.78 is 13.0. The molecule has 1 amide bonds. The molecule has 3 rings (SSSR count). The molecule has 0 aromatic heterocycles. The van der Waals surface area contributed by atoms with E-state index in [1.807, 2.05) is 42.0 Å². The number of para-hydroxylation sites is 1. The van der Waals surface area contributed by atoms with Crippen molar-refractivity contribution in [2.24, 2.45) is 0 Å². The number of fused-ring (bicyclic) bond motifs is 1. The van der Waals surface area contributed by atoms with E-state index in [1.165, 1.54) is 17.7 Å². The molecule has 0 saturated carbocycles. The van der Waals surface area contributed by atoms with E-state index in [0.29, 0.717) is 6.54 Å². The number of carbonyl (C=O) groups is 1. The fourth-order valence-electron chi connectivity index (χ4n) is 3.19. The van der Waals surface area contributed by atoms with Crippen LogP contribution in [0.2, 0.25) is 0 Å². The third kappa shape index (κ3) is 3.49. The number of rotatable bonds is 4. The second-order valence-corrected chi connectivity index (χ2v) is 6.44. The number of hydrogen-bond acceptors (Lipinski definition) is 2. The molecule has 1 heterocycles. The average Bonchev–Trinajstić information content (AvgIpc) is 2.62. The van der Waals surface area contributed by atoms with E-state index in [-0.39, 0.29) is 17.8 Å². The molecular formula is C20H23FN2O. The Hall–Kier alpha value is -2.20. The fraction of sp³-hybridized carbons (Fsp3) is 0.350. The molecule has 3 nitrogen and oxygen atoms in total. The SMILES string of the molecule is C[C@H](C(=O)N1CCCc2ccccc21)N(C)Cc1ccc(F)cc1. The van der Waals surface area contributed by atoms with Gasteiger partial charge >= 0.3 is 0 Å². The van der Waals surface area contributed by atoms with Gasteiger partial charge in [-0.1, -0.05) is 30.3 Å². The van der Waals surface area contributed by atoms with E-state index in [0.717, 1.165) is 30.6 Å². The Morgan fingerprint density at radius 1 is 1.21 bits per heavy atom. The van der Waals surface area contributed by atoms with E-state index < -0.39 is 0 Å². The molecule has 0 fully saturated rings. The lowest BCUT2D eigenvalue weighted by Crippen LogP contribution is -2.47. The van der Waals surface area contributed by atoms with E-state index >= 15 is 0 Å². The molecule has 0 bridgehead atoms. The van der Waals surface area contributed by atoms with Gasteiger partial charge in [0.1, 0.15) is 5.82 Å². The third-order valence-corrected chi connectivity index (χ3v) is 4.74. The molecule has 126 valence electrons. The summed E-state index contributed by atoms with van der Waals surface area (Å²) in [4.78, 5) is 16.9. The molecule has 2 aromatic rings. The van der Waals surface area contributed by atoms with Crippen LogP contribution in [0.1, 0.15) is 24.5 Å². The normalized spacial score (nSPS) is 15.2. The largest absolute Gasteiger partial charge is 0.311 e. The molecule has 0 aliphatic carbocycles. The van der Waals surface area contributed by atoms with E-state index in [2.05, 4.69) is 6.07 Å². The molecule has 0 unspecified atom stereocenters. The molecule has 0 spiro atoms.